The molecule has 0 amide bonds. The van der Waals surface area contributed by atoms with Crippen LogP contribution in [0.15, 0.2) is 156 Å². The molecule has 0 bridgehead atoms. The van der Waals surface area contributed by atoms with Gasteiger partial charge in [-0.2, -0.15) is 0 Å². The number of fused-ring (bicyclic) bond motifs is 7. The van der Waals surface area contributed by atoms with E-state index in [0.717, 1.165) is 66.0 Å². The number of pyridine rings is 1. The average Bonchev–Trinajstić information content (AvgIpc) is 3.97. The van der Waals surface area contributed by atoms with Crippen molar-refractivity contribution in [2.24, 2.45) is 0 Å². The van der Waals surface area contributed by atoms with Gasteiger partial charge >= 0.3 is 0 Å². The zero-order valence-electron chi connectivity index (χ0n) is 48.2. The second kappa shape index (κ2) is 19.3. The van der Waals surface area contributed by atoms with E-state index in [1.807, 2.05) is 56.3 Å². The van der Waals surface area contributed by atoms with Crippen molar-refractivity contribution in [3.63, 3.8) is 0 Å². The molecule has 1 radical (unpaired) electrons. The van der Waals surface area contributed by atoms with Crippen LogP contribution in [0.4, 0.5) is 0 Å². The molecular weight excluding hydrogens is 1030 g/mol. The summed E-state index contributed by atoms with van der Waals surface area (Å²) in [4.78, 5) is 9.77. The minimum atomic E-state index is -2.38. The van der Waals surface area contributed by atoms with Gasteiger partial charge in [0.2, 0.25) is 0 Å². The van der Waals surface area contributed by atoms with Crippen LogP contribution in [0.1, 0.15) is 123 Å². The summed E-state index contributed by atoms with van der Waals surface area (Å²) in [6.07, 6.45) is 1.76. The quantitative estimate of drug-likeness (QED) is 0.118. The first-order chi connectivity index (χ1) is 35.9. The van der Waals surface area contributed by atoms with Gasteiger partial charge in [-0.3, -0.25) is 4.98 Å². The van der Waals surface area contributed by atoms with E-state index in [-0.39, 0.29) is 48.5 Å². The van der Waals surface area contributed by atoms with Gasteiger partial charge in [0.05, 0.1) is 22.4 Å². The standard InChI is InChI=1S/C46H37N2O.C19H24N.Ir/c1-27(2)36-24-33(30-13-7-6-8-14-30)25-37(28(3)4)44(36)48-41-18-12-11-17-40(41)47-46(48)35-22-19-29(5)43-39-23-32-21-20-31-15-9-10-16-34(31)38(32)26-42(39)49-45(35)43;1-13(2)16-12-20-18(11-17(16)19(4,5)6)15-9-7-14(3)8-10-15;/h6-21,23-28H,1-5H3;7-9,11-13H,1-6H3;/q2*-1;/i5D3;3D3,13D;. The zero-order chi connectivity index (χ0) is 54.2. The molecule has 353 valence electrons. The maximum Gasteiger partial charge on any atom is 0.121 e. The van der Waals surface area contributed by atoms with Crippen LogP contribution < -0.4 is 0 Å². The van der Waals surface area contributed by atoms with Crippen LogP contribution in [0, 0.1) is 25.8 Å². The second-order valence-electron chi connectivity index (χ2n) is 20.0. The Hall–Kier alpha value is -6.65. The molecule has 0 unspecified atom stereocenters. The molecule has 8 aromatic carbocycles. The summed E-state index contributed by atoms with van der Waals surface area (Å²) in [6, 6.07) is 54.9. The number of benzene rings is 8. The Morgan fingerprint density at radius 3 is 2.06 bits per heavy atom. The molecule has 0 aliphatic heterocycles. The summed E-state index contributed by atoms with van der Waals surface area (Å²) in [5, 5.41) is 5.67. The minimum Gasteiger partial charge on any atom is -0.501 e. The number of rotatable bonds is 7. The van der Waals surface area contributed by atoms with Gasteiger partial charge in [0.25, 0.3) is 0 Å². The number of hydrogen-bond donors (Lipinski definition) is 0. The van der Waals surface area contributed by atoms with E-state index in [1.54, 1.807) is 24.4 Å². The van der Waals surface area contributed by atoms with Gasteiger partial charge in [0.15, 0.2) is 0 Å². The maximum absolute atomic E-state index is 8.57. The van der Waals surface area contributed by atoms with Gasteiger partial charge in [0, 0.05) is 47.0 Å². The molecule has 0 aliphatic rings. The number of hydrogen-bond acceptors (Lipinski definition) is 3. The van der Waals surface area contributed by atoms with Crippen molar-refractivity contribution in [1.82, 2.24) is 14.5 Å². The topological polar surface area (TPSA) is 43.9 Å². The fourth-order valence-corrected chi connectivity index (χ4v) is 9.73. The number of para-hydroxylation sites is 2. The van der Waals surface area contributed by atoms with E-state index in [0.29, 0.717) is 27.9 Å². The van der Waals surface area contributed by atoms with Crippen molar-refractivity contribution >= 4 is 54.5 Å². The number of aryl methyl sites for hydroxylation is 2. The first-order valence-electron chi connectivity index (χ1n) is 27.4. The van der Waals surface area contributed by atoms with Crippen LogP contribution in [-0.4, -0.2) is 14.5 Å². The fraction of sp³-hybridized carbons (Fsp3) is 0.231. The van der Waals surface area contributed by atoms with E-state index < -0.39 is 19.6 Å². The van der Waals surface area contributed by atoms with E-state index >= 15 is 0 Å². The van der Waals surface area contributed by atoms with Gasteiger partial charge in [-0.25, -0.2) is 0 Å². The van der Waals surface area contributed by atoms with Crippen molar-refractivity contribution in [2.45, 2.75) is 99.2 Å². The largest absolute Gasteiger partial charge is 0.501 e. The van der Waals surface area contributed by atoms with Crippen molar-refractivity contribution in [3.05, 3.63) is 197 Å². The molecule has 3 heterocycles. The first kappa shape index (κ1) is 40.1. The summed E-state index contributed by atoms with van der Waals surface area (Å²) >= 11 is 0. The molecule has 0 N–H and O–H groups in total. The van der Waals surface area contributed by atoms with Crippen LogP contribution in [0.2, 0.25) is 0 Å². The number of imidazole rings is 1. The molecule has 5 heteroatoms. The first-order valence-corrected chi connectivity index (χ1v) is 23.9. The zero-order valence-corrected chi connectivity index (χ0v) is 43.6. The van der Waals surface area contributed by atoms with E-state index in [9.17, 15) is 0 Å². The van der Waals surface area contributed by atoms with Gasteiger partial charge in [-0.05, 0) is 120 Å². The normalized spacial score (nSPS) is 13.9. The van der Waals surface area contributed by atoms with Crippen LogP contribution in [-0.2, 0) is 25.5 Å². The van der Waals surface area contributed by atoms with Crippen LogP contribution in [0.3, 0.4) is 0 Å². The molecule has 11 aromatic rings. The SMILES string of the molecule is [2H]C([2H])([2H])c1c[c-]c(-c2cc(C(C)(C)C)c(C([2H])(C)C)cn2)cc1.[2H]C([2H])([2H])c1c[c-]c(-c2nc3ccccc3n2-c2c(C(C)C)cc(-c3ccccc3)cc2C(C)C)c2oc3cc4c(ccc5ccccc54)cc3c12.[Ir]. The summed E-state index contributed by atoms with van der Waals surface area (Å²) in [5.74, 6) is 0.318. The van der Waals surface area contributed by atoms with Crippen molar-refractivity contribution in [3.8, 4) is 39.5 Å². The van der Waals surface area contributed by atoms with Gasteiger partial charge in [-0.15, -0.1) is 53.1 Å². The van der Waals surface area contributed by atoms with E-state index in [1.165, 1.54) is 28.3 Å². The maximum atomic E-state index is 8.57. The molecule has 0 saturated carbocycles. The molecule has 70 heavy (non-hydrogen) atoms. The Morgan fingerprint density at radius 1 is 0.657 bits per heavy atom. The van der Waals surface area contributed by atoms with Gasteiger partial charge in [0.1, 0.15) is 5.58 Å². The van der Waals surface area contributed by atoms with Crippen molar-refractivity contribution in [2.75, 3.05) is 0 Å². The molecule has 0 spiro atoms. The molecule has 3 aromatic heterocycles. The number of aromatic nitrogens is 3. The summed E-state index contributed by atoms with van der Waals surface area (Å²) in [5.41, 5.74) is 13.2. The third-order valence-electron chi connectivity index (χ3n) is 13.3. The molecular formula is C65H61IrN3O-2. The fourth-order valence-electron chi connectivity index (χ4n) is 9.73. The molecule has 0 saturated heterocycles. The van der Waals surface area contributed by atoms with Crippen LogP contribution >= 0.6 is 0 Å². The minimum absolute atomic E-state index is 0. The summed E-state index contributed by atoms with van der Waals surface area (Å²) in [6.45, 7) is 14.5. The predicted octanol–water partition coefficient (Wildman–Crippen LogP) is 18.2. The third kappa shape index (κ3) is 8.91. The number of nitrogens with zero attached hydrogens (tertiary/aromatic N) is 3. The number of furan rings is 1. The van der Waals surface area contributed by atoms with E-state index in [2.05, 4.69) is 149 Å². The predicted molar refractivity (Wildman–Crippen MR) is 292 cm³/mol. The van der Waals surface area contributed by atoms with Crippen LogP contribution in [0.5, 0.6) is 0 Å². The Labute approximate surface area is 437 Å². The Balaban J connectivity index is 0.000000244. The monoisotopic (exact) mass is 1100 g/mol. The molecule has 0 atom stereocenters. The Kier molecular flexibility index (Phi) is 11.0. The molecule has 0 aliphatic carbocycles. The van der Waals surface area contributed by atoms with Crippen molar-refractivity contribution in [1.29, 1.82) is 0 Å². The smallest absolute Gasteiger partial charge is 0.121 e. The third-order valence-corrected chi connectivity index (χ3v) is 13.3. The van der Waals surface area contributed by atoms with E-state index in [4.69, 9.17) is 19.0 Å². The Bertz CT molecular complexity index is 3960. The van der Waals surface area contributed by atoms with Crippen molar-refractivity contribution < 1.29 is 34.1 Å². The van der Waals surface area contributed by atoms with Gasteiger partial charge in [-0.1, -0.05) is 172 Å². The van der Waals surface area contributed by atoms with Gasteiger partial charge < -0.3 is 14.0 Å². The molecule has 4 nitrogen and oxygen atoms in total. The second-order valence-corrected chi connectivity index (χ2v) is 20.0. The van der Waals surface area contributed by atoms with Crippen LogP contribution in [0.25, 0.3) is 94.0 Å². The Morgan fingerprint density at radius 2 is 1.37 bits per heavy atom. The summed E-state index contributed by atoms with van der Waals surface area (Å²) in [7, 11) is 0. The molecule has 11 rings (SSSR count). The average molecular weight is 1100 g/mol. The molecule has 0 fully saturated rings. The summed E-state index contributed by atoms with van der Waals surface area (Å²) < 4.78 is 65.5.